The SMILES string of the molecule is COc1cccc2c1OC(C)(C)[C@@H]1C[C@H]3CN(C(=O)[C@H](CC(C)C)NC(=O)OC(C)(C)C)CC[C@H]3O[C@@H]21. The number of benzene rings is 1. The standard InChI is InChI=1S/C29H44N2O6/c1-17(2)14-21(30-27(33)37-28(3,4)5)26(32)31-13-12-22-18(16-31)15-20-24(35-22)19-10-9-11-23(34-8)25(19)36-29(20,6)7/h9-11,17-18,20-22,24H,12-16H2,1-8H3,(H,30,33)/t18-,20+,21-,22+,24-/m0/s1. The smallest absolute Gasteiger partial charge is 0.408 e. The summed E-state index contributed by atoms with van der Waals surface area (Å²) in [5, 5.41) is 2.84. The van der Waals surface area contributed by atoms with Gasteiger partial charge < -0.3 is 29.2 Å². The van der Waals surface area contributed by atoms with Crippen molar-refractivity contribution in [3.05, 3.63) is 23.8 Å². The largest absolute Gasteiger partial charge is 0.493 e. The molecular weight excluding hydrogens is 472 g/mol. The van der Waals surface area contributed by atoms with Crippen molar-refractivity contribution in [3.8, 4) is 11.5 Å². The molecule has 3 aliphatic rings. The predicted molar refractivity (Wildman–Crippen MR) is 141 cm³/mol. The number of nitrogens with one attached hydrogen (secondary N) is 1. The molecule has 8 heteroatoms. The highest BCUT2D eigenvalue weighted by atomic mass is 16.6. The number of hydrogen-bond acceptors (Lipinski definition) is 6. The van der Waals surface area contributed by atoms with Crippen LogP contribution in [-0.2, 0) is 14.3 Å². The summed E-state index contributed by atoms with van der Waals surface area (Å²) in [6.07, 6.45) is 1.67. The van der Waals surface area contributed by atoms with Gasteiger partial charge in [-0.05, 0) is 65.9 Å². The quantitative estimate of drug-likeness (QED) is 0.586. The lowest BCUT2D eigenvalue weighted by Crippen LogP contribution is -2.58. The molecule has 3 aliphatic heterocycles. The average molecular weight is 517 g/mol. The summed E-state index contributed by atoms with van der Waals surface area (Å²) in [7, 11) is 1.66. The van der Waals surface area contributed by atoms with E-state index in [4.69, 9.17) is 18.9 Å². The molecule has 0 saturated carbocycles. The predicted octanol–water partition coefficient (Wildman–Crippen LogP) is 5.10. The van der Waals surface area contributed by atoms with Crippen LogP contribution in [0.5, 0.6) is 11.5 Å². The molecule has 2 amide bonds. The van der Waals surface area contributed by atoms with Gasteiger partial charge in [0.05, 0.1) is 19.3 Å². The third kappa shape index (κ3) is 6.00. The summed E-state index contributed by atoms with van der Waals surface area (Å²) in [6, 6.07) is 5.36. The lowest BCUT2D eigenvalue weighted by molar-refractivity contribution is -0.189. The van der Waals surface area contributed by atoms with Crippen LogP contribution in [0, 0.1) is 17.8 Å². The topological polar surface area (TPSA) is 86.3 Å². The Morgan fingerprint density at radius 1 is 1.24 bits per heavy atom. The zero-order valence-corrected chi connectivity index (χ0v) is 23.6. The second kappa shape index (κ2) is 10.4. The van der Waals surface area contributed by atoms with E-state index in [-0.39, 0.29) is 35.9 Å². The van der Waals surface area contributed by atoms with E-state index in [1.807, 2.05) is 37.8 Å². The number of fused-ring (bicyclic) bond motifs is 4. The molecule has 0 radical (unpaired) electrons. The molecule has 0 aromatic heterocycles. The Labute approximate surface area is 221 Å². The van der Waals surface area contributed by atoms with Crippen LogP contribution in [0.1, 0.15) is 79.4 Å². The minimum absolute atomic E-state index is 0.0469. The fraction of sp³-hybridized carbons (Fsp3) is 0.724. The third-order valence-electron chi connectivity index (χ3n) is 7.71. The second-order valence-corrected chi connectivity index (χ2v) is 12.7. The number of methoxy groups -OCH3 is 1. The number of carbonyl (C=O) groups is 2. The number of likely N-dealkylation sites (tertiary alicyclic amines) is 1. The first-order valence-corrected chi connectivity index (χ1v) is 13.6. The average Bonchev–Trinajstić information content (AvgIpc) is 2.80. The maximum absolute atomic E-state index is 13.6. The number of alkyl carbamates (subject to hydrolysis) is 1. The Bertz CT molecular complexity index is 1000. The van der Waals surface area contributed by atoms with Crippen LogP contribution in [0.2, 0.25) is 0 Å². The molecule has 3 heterocycles. The Hall–Kier alpha value is -2.48. The summed E-state index contributed by atoms with van der Waals surface area (Å²) in [5.74, 6) is 2.05. The Morgan fingerprint density at radius 3 is 2.62 bits per heavy atom. The van der Waals surface area contributed by atoms with Gasteiger partial charge in [0.25, 0.3) is 0 Å². The van der Waals surface area contributed by atoms with Crippen LogP contribution in [0.3, 0.4) is 0 Å². The highest BCUT2D eigenvalue weighted by molar-refractivity contribution is 5.86. The molecule has 2 fully saturated rings. The van der Waals surface area contributed by atoms with Crippen molar-refractivity contribution in [2.75, 3.05) is 20.2 Å². The van der Waals surface area contributed by atoms with Crippen molar-refractivity contribution in [2.24, 2.45) is 17.8 Å². The van der Waals surface area contributed by atoms with E-state index in [9.17, 15) is 9.59 Å². The van der Waals surface area contributed by atoms with E-state index in [1.165, 1.54) is 0 Å². The van der Waals surface area contributed by atoms with Gasteiger partial charge in [-0.15, -0.1) is 0 Å². The molecule has 2 saturated heterocycles. The van der Waals surface area contributed by atoms with Crippen LogP contribution >= 0.6 is 0 Å². The number of para-hydroxylation sites is 1. The minimum Gasteiger partial charge on any atom is -0.493 e. The summed E-state index contributed by atoms with van der Waals surface area (Å²) in [4.78, 5) is 28.0. The van der Waals surface area contributed by atoms with Crippen LogP contribution in [0.4, 0.5) is 4.79 Å². The molecule has 5 atom stereocenters. The van der Waals surface area contributed by atoms with E-state index < -0.39 is 23.3 Å². The number of piperidine rings is 1. The van der Waals surface area contributed by atoms with Crippen LogP contribution in [0.25, 0.3) is 0 Å². The van der Waals surface area contributed by atoms with Crippen molar-refractivity contribution >= 4 is 12.0 Å². The first kappa shape index (κ1) is 27.6. The van der Waals surface area contributed by atoms with Gasteiger partial charge in [0.15, 0.2) is 11.5 Å². The zero-order chi connectivity index (χ0) is 27.1. The van der Waals surface area contributed by atoms with E-state index in [0.29, 0.717) is 19.5 Å². The van der Waals surface area contributed by atoms with Gasteiger partial charge in [-0.25, -0.2) is 4.79 Å². The van der Waals surface area contributed by atoms with Crippen molar-refractivity contribution < 1.29 is 28.5 Å². The second-order valence-electron chi connectivity index (χ2n) is 12.7. The zero-order valence-electron chi connectivity index (χ0n) is 23.6. The molecule has 0 aliphatic carbocycles. The number of rotatable bonds is 5. The maximum atomic E-state index is 13.6. The Kier molecular flexibility index (Phi) is 7.71. The van der Waals surface area contributed by atoms with Crippen molar-refractivity contribution in [3.63, 3.8) is 0 Å². The molecule has 8 nitrogen and oxygen atoms in total. The molecule has 0 bridgehead atoms. The van der Waals surface area contributed by atoms with Gasteiger partial charge in [-0.2, -0.15) is 0 Å². The summed E-state index contributed by atoms with van der Waals surface area (Å²) in [6.45, 7) is 15.0. The normalized spacial score (nSPS) is 27.2. The molecule has 1 N–H and O–H groups in total. The Morgan fingerprint density at radius 2 is 1.97 bits per heavy atom. The van der Waals surface area contributed by atoms with Gasteiger partial charge in [-0.3, -0.25) is 4.79 Å². The number of carbonyl (C=O) groups excluding carboxylic acids is 2. The first-order valence-electron chi connectivity index (χ1n) is 13.6. The highest BCUT2D eigenvalue weighted by Crippen LogP contribution is 2.55. The summed E-state index contributed by atoms with van der Waals surface area (Å²) in [5.41, 5.74) is -0.0252. The number of amides is 2. The number of hydrogen-bond donors (Lipinski definition) is 1. The van der Waals surface area contributed by atoms with Crippen LogP contribution in [-0.4, -0.2) is 60.4 Å². The lowest BCUT2D eigenvalue weighted by atomic mass is 9.70. The van der Waals surface area contributed by atoms with E-state index in [0.717, 1.165) is 29.9 Å². The molecule has 0 spiro atoms. The van der Waals surface area contributed by atoms with Gasteiger partial charge in [0.2, 0.25) is 5.91 Å². The van der Waals surface area contributed by atoms with E-state index >= 15 is 0 Å². The highest BCUT2D eigenvalue weighted by Gasteiger charge is 2.52. The molecular formula is C29H44N2O6. The summed E-state index contributed by atoms with van der Waals surface area (Å²) >= 11 is 0. The lowest BCUT2D eigenvalue weighted by Gasteiger charge is -2.53. The van der Waals surface area contributed by atoms with Crippen LogP contribution in [0.15, 0.2) is 18.2 Å². The fourth-order valence-corrected chi connectivity index (χ4v) is 6.02. The molecule has 1 aromatic rings. The molecule has 1 aromatic carbocycles. The summed E-state index contributed by atoms with van der Waals surface area (Å²) < 4.78 is 24.3. The molecule has 206 valence electrons. The fourth-order valence-electron chi connectivity index (χ4n) is 6.02. The van der Waals surface area contributed by atoms with Crippen LogP contribution < -0.4 is 14.8 Å². The molecule has 37 heavy (non-hydrogen) atoms. The first-order chi connectivity index (χ1) is 17.3. The van der Waals surface area contributed by atoms with Crippen molar-refractivity contribution in [2.45, 2.75) is 97.2 Å². The minimum atomic E-state index is -0.624. The monoisotopic (exact) mass is 516 g/mol. The van der Waals surface area contributed by atoms with Gasteiger partial charge in [-0.1, -0.05) is 26.0 Å². The van der Waals surface area contributed by atoms with Crippen molar-refractivity contribution in [1.82, 2.24) is 10.2 Å². The van der Waals surface area contributed by atoms with Gasteiger partial charge in [0.1, 0.15) is 17.2 Å². The number of nitrogens with zero attached hydrogens (tertiary/aromatic N) is 1. The Balaban J connectivity index is 1.49. The molecule has 4 rings (SSSR count). The maximum Gasteiger partial charge on any atom is 0.408 e. The van der Waals surface area contributed by atoms with Gasteiger partial charge >= 0.3 is 6.09 Å². The van der Waals surface area contributed by atoms with E-state index in [1.54, 1.807) is 7.11 Å². The van der Waals surface area contributed by atoms with Crippen molar-refractivity contribution in [1.29, 1.82) is 0 Å². The van der Waals surface area contributed by atoms with E-state index in [2.05, 4.69) is 39.1 Å². The third-order valence-corrected chi connectivity index (χ3v) is 7.71. The molecule has 0 unspecified atom stereocenters. The van der Waals surface area contributed by atoms with Gasteiger partial charge in [0, 0.05) is 30.5 Å². The number of ether oxygens (including phenoxy) is 4.